The van der Waals surface area contributed by atoms with Gasteiger partial charge in [0.1, 0.15) is 5.82 Å². The van der Waals surface area contributed by atoms with Gasteiger partial charge in [0.05, 0.1) is 11.4 Å². The minimum absolute atomic E-state index is 0.474. The SMILES string of the molecule is Nc1ccc(N)c(C=Cc2ccccc2)n1. The molecule has 0 amide bonds. The number of rotatable bonds is 2. The average molecular weight is 211 g/mol. The summed E-state index contributed by atoms with van der Waals surface area (Å²) in [6, 6.07) is 13.4. The monoisotopic (exact) mass is 211 g/mol. The molecule has 1 heterocycles. The van der Waals surface area contributed by atoms with Crippen LogP contribution in [0.15, 0.2) is 42.5 Å². The van der Waals surface area contributed by atoms with Crippen molar-refractivity contribution in [3.8, 4) is 0 Å². The van der Waals surface area contributed by atoms with Gasteiger partial charge < -0.3 is 11.5 Å². The van der Waals surface area contributed by atoms with Crippen molar-refractivity contribution in [2.75, 3.05) is 11.5 Å². The van der Waals surface area contributed by atoms with Gasteiger partial charge in [0.25, 0.3) is 0 Å². The van der Waals surface area contributed by atoms with E-state index >= 15 is 0 Å². The van der Waals surface area contributed by atoms with Crippen LogP contribution in [0.1, 0.15) is 11.3 Å². The van der Waals surface area contributed by atoms with Crippen molar-refractivity contribution >= 4 is 23.7 Å². The van der Waals surface area contributed by atoms with Gasteiger partial charge in [0, 0.05) is 0 Å². The summed E-state index contributed by atoms with van der Waals surface area (Å²) in [5.74, 6) is 0.474. The molecular weight excluding hydrogens is 198 g/mol. The predicted octanol–water partition coefficient (Wildman–Crippen LogP) is 2.42. The van der Waals surface area contributed by atoms with E-state index in [9.17, 15) is 0 Å². The Morgan fingerprint density at radius 2 is 1.62 bits per heavy atom. The second-order valence-electron chi connectivity index (χ2n) is 3.45. The maximum atomic E-state index is 5.78. The summed E-state index contributed by atoms with van der Waals surface area (Å²) in [5, 5.41) is 0. The van der Waals surface area contributed by atoms with Crippen LogP contribution in [0.4, 0.5) is 11.5 Å². The molecule has 0 fully saturated rings. The van der Waals surface area contributed by atoms with Gasteiger partial charge in [-0.25, -0.2) is 4.98 Å². The molecule has 0 atom stereocenters. The van der Waals surface area contributed by atoms with Crippen LogP contribution in [0.25, 0.3) is 12.2 Å². The number of nitrogens with zero attached hydrogens (tertiary/aromatic N) is 1. The quantitative estimate of drug-likeness (QED) is 0.801. The van der Waals surface area contributed by atoms with Crippen LogP contribution in [0.2, 0.25) is 0 Å². The number of aromatic nitrogens is 1. The Morgan fingerprint density at radius 3 is 2.38 bits per heavy atom. The number of hydrogen-bond acceptors (Lipinski definition) is 3. The predicted molar refractivity (Wildman–Crippen MR) is 68.4 cm³/mol. The Morgan fingerprint density at radius 1 is 0.875 bits per heavy atom. The van der Waals surface area contributed by atoms with Crippen molar-refractivity contribution in [1.82, 2.24) is 4.98 Å². The molecule has 2 aromatic rings. The summed E-state index contributed by atoms with van der Waals surface area (Å²) in [6.07, 6.45) is 3.82. The molecule has 0 spiro atoms. The lowest BCUT2D eigenvalue weighted by molar-refractivity contribution is 1.31. The topological polar surface area (TPSA) is 64.9 Å². The normalized spacial score (nSPS) is 10.8. The highest BCUT2D eigenvalue weighted by atomic mass is 14.9. The molecule has 1 aromatic carbocycles. The van der Waals surface area contributed by atoms with E-state index < -0.39 is 0 Å². The molecule has 1 aromatic heterocycles. The summed E-state index contributed by atoms with van der Waals surface area (Å²) < 4.78 is 0. The molecule has 2 rings (SSSR count). The molecule has 4 N–H and O–H groups in total. The van der Waals surface area contributed by atoms with Crippen molar-refractivity contribution in [2.45, 2.75) is 0 Å². The molecular formula is C13H13N3. The Labute approximate surface area is 94.4 Å². The molecule has 0 saturated heterocycles. The summed E-state index contributed by atoms with van der Waals surface area (Å²) in [6.45, 7) is 0. The van der Waals surface area contributed by atoms with E-state index in [4.69, 9.17) is 11.5 Å². The zero-order valence-corrected chi connectivity index (χ0v) is 8.80. The molecule has 80 valence electrons. The minimum Gasteiger partial charge on any atom is -0.397 e. The van der Waals surface area contributed by atoms with Gasteiger partial charge in [-0.2, -0.15) is 0 Å². The maximum absolute atomic E-state index is 5.78. The number of nitrogens with two attached hydrogens (primary N) is 2. The van der Waals surface area contributed by atoms with E-state index in [0.29, 0.717) is 17.2 Å². The second kappa shape index (κ2) is 4.49. The van der Waals surface area contributed by atoms with Gasteiger partial charge >= 0.3 is 0 Å². The van der Waals surface area contributed by atoms with Gasteiger partial charge in [-0.3, -0.25) is 0 Å². The number of benzene rings is 1. The smallest absolute Gasteiger partial charge is 0.124 e. The molecule has 16 heavy (non-hydrogen) atoms. The third-order valence-corrected chi connectivity index (χ3v) is 2.21. The summed E-state index contributed by atoms with van der Waals surface area (Å²) in [7, 11) is 0. The van der Waals surface area contributed by atoms with Gasteiger partial charge in [-0.1, -0.05) is 36.4 Å². The Balaban J connectivity index is 2.27. The highest BCUT2D eigenvalue weighted by molar-refractivity contribution is 5.74. The van der Waals surface area contributed by atoms with Gasteiger partial charge in [0.2, 0.25) is 0 Å². The van der Waals surface area contributed by atoms with Crippen LogP contribution in [0, 0.1) is 0 Å². The van der Waals surface area contributed by atoms with Crippen LogP contribution in [0.5, 0.6) is 0 Å². The van der Waals surface area contributed by atoms with Crippen molar-refractivity contribution in [1.29, 1.82) is 0 Å². The van der Waals surface area contributed by atoms with E-state index in [1.807, 2.05) is 42.5 Å². The van der Waals surface area contributed by atoms with E-state index in [-0.39, 0.29) is 0 Å². The van der Waals surface area contributed by atoms with E-state index in [2.05, 4.69) is 4.98 Å². The van der Waals surface area contributed by atoms with E-state index in [1.165, 1.54) is 0 Å². The van der Waals surface area contributed by atoms with Crippen LogP contribution in [-0.4, -0.2) is 4.98 Å². The first kappa shape index (κ1) is 10.2. The van der Waals surface area contributed by atoms with Crippen molar-refractivity contribution in [3.63, 3.8) is 0 Å². The molecule has 0 aliphatic carbocycles. The van der Waals surface area contributed by atoms with Crippen LogP contribution in [-0.2, 0) is 0 Å². The zero-order valence-electron chi connectivity index (χ0n) is 8.80. The fraction of sp³-hybridized carbons (Fsp3) is 0. The van der Waals surface area contributed by atoms with Crippen LogP contribution >= 0.6 is 0 Å². The second-order valence-corrected chi connectivity index (χ2v) is 3.45. The molecule has 0 saturated carbocycles. The fourth-order valence-corrected chi connectivity index (χ4v) is 1.37. The third-order valence-electron chi connectivity index (χ3n) is 2.21. The van der Waals surface area contributed by atoms with Crippen LogP contribution in [0.3, 0.4) is 0 Å². The molecule has 3 nitrogen and oxygen atoms in total. The highest BCUT2D eigenvalue weighted by Gasteiger charge is 1.96. The Bertz CT molecular complexity index is 504. The first-order chi connectivity index (χ1) is 7.75. The van der Waals surface area contributed by atoms with E-state index in [1.54, 1.807) is 12.1 Å². The number of anilines is 2. The largest absolute Gasteiger partial charge is 0.397 e. The lowest BCUT2D eigenvalue weighted by Gasteiger charge is -2.00. The number of pyridine rings is 1. The van der Waals surface area contributed by atoms with E-state index in [0.717, 1.165) is 5.56 Å². The Kier molecular flexibility index (Phi) is 2.87. The molecule has 0 unspecified atom stereocenters. The average Bonchev–Trinajstić information content (AvgIpc) is 2.32. The lowest BCUT2D eigenvalue weighted by atomic mass is 10.2. The van der Waals surface area contributed by atoms with Gasteiger partial charge in [-0.05, 0) is 23.8 Å². The van der Waals surface area contributed by atoms with Crippen LogP contribution < -0.4 is 11.5 Å². The summed E-state index contributed by atoms with van der Waals surface area (Å²) in [4.78, 5) is 4.15. The highest BCUT2D eigenvalue weighted by Crippen LogP contribution is 2.14. The summed E-state index contributed by atoms with van der Waals surface area (Å²) >= 11 is 0. The minimum atomic E-state index is 0.474. The number of nitrogen functional groups attached to an aromatic ring is 2. The van der Waals surface area contributed by atoms with Gasteiger partial charge in [0.15, 0.2) is 0 Å². The van der Waals surface area contributed by atoms with Crippen molar-refractivity contribution in [3.05, 3.63) is 53.7 Å². The Hall–Kier alpha value is -2.29. The molecule has 0 radical (unpaired) electrons. The molecule has 0 aliphatic rings. The third kappa shape index (κ3) is 2.39. The van der Waals surface area contributed by atoms with Crippen molar-refractivity contribution in [2.24, 2.45) is 0 Å². The molecule has 0 bridgehead atoms. The molecule has 0 aliphatic heterocycles. The summed E-state index contributed by atoms with van der Waals surface area (Å²) in [5.41, 5.74) is 13.8. The maximum Gasteiger partial charge on any atom is 0.124 e. The first-order valence-corrected chi connectivity index (χ1v) is 5.01. The number of hydrogen-bond donors (Lipinski definition) is 2. The standard InChI is InChI=1S/C13H13N3/c14-11-7-9-13(15)16-12(11)8-6-10-4-2-1-3-5-10/h1-9H,14H2,(H2,15,16). The fourth-order valence-electron chi connectivity index (χ4n) is 1.37. The van der Waals surface area contributed by atoms with Crippen molar-refractivity contribution < 1.29 is 0 Å². The lowest BCUT2D eigenvalue weighted by Crippen LogP contribution is -1.96. The van der Waals surface area contributed by atoms with Gasteiger partial charge in [-0.15, -0.1) is 0 Å². The molecule has 3 heteroatoms. The first-order valence-electron chi connectivity index (χ1n) is 5.01. The zero-order chi connectivity index (χ0) is 11.4.